The molecule has 2 aliphatic rings. The van der Waals surface area contributed by atoms with Gasteiger partial charge in [-0.25, -0.2) is 0 Å². The molecule has 2 unspecified atom stereocenters. The predicted octanol–water partition coefficient (Wildman–Crippen LogP) is 1.94. The molecule has 0 amide bonds. The summed E-state index contributed by atoms with van der Waals surface area (Å²) in [5.74, 6) is 0. The van der Waals surface area contributed by atoms with Gasteiger partial charge in [0.05, 0.1) is 5.60 Å². The minimum absolute atomic E-state index is 0.507. The number of allylic oxidation sites excluding steroid dienone is 1. The van der Waals surface area contributed by atoms with Crippen LogP contribution in [0.15, 0.2) is 11.6 Å². The van der Waals surface area contributed by atoms with E-state index in [1.165, 1.54) is 12.8 Å². The van der Waals surface area contributed by atoms with Crippen LogP contribution >= 0.6 is 0 Å². The first-order valence-electron chi connectivity index (χ1n) is 5.64. The van der Waals surface area contributed by atoms with E-state index in [0.29, 0.717) is 12.1 Å². The van der Waals surface area contributed by atoms with Gasteiger partial charge in [-0.05, 0) is 52.2 Å². The highest BCUT2D eigenvalue weighted by molar-refractivity contribution is 5.18. The van der Waals surface area contributed by atoms with Crippen molar-refractivity contribution in [2.45, 2.75) is 57.2 Å². The van der Waals surface area contributed by atoms with E-state index in [-0.39, 0.29) is 0 Å². The molecular weight excluding hydrogens is 174 g/mol. The topological polar surface area (TPSA) is 23.5 Å². The quantitative estimate of drug-likeness (QED) is 0.646. The summed E-state index contributed by atoms with van der Waals surface area (Å²) in [6.45, 7) is 4.08. The van der Waals surface area contributed by atoms with Gasteiger partial charge in [-0.15, -0.1) is 0 Å². The van der Waals surface area contributed by atoms with Crippen LogP contribution in [0, 0.1) is 0 Å². The zero-order valence-corrected chi connectivity index (χ0v) is 9.45. The molecule has 0 saturated carbocycles. The van der Waals surface area contributed by atoms with Crippen molar-refractivity contribution in [2.75, 3.05) is 7.05 Å². The minimum atomic E-state index is -0.507. The Kier molecular flexibility index (Phi) is 2.44. The fourth-order valence-corrected chi connectivity index (χ4v) is 3.04. The van der Waals surface area contributed by atoms with Crippen LogP contribution in [0.25, 0.3) is 0 Å². The van der Waals surface area contributed by atoms with Crippen molar-refractivity contribution in [3.05, 3.63) is 11.6 Å². The fourth-order valence-electron chi connectivity index (χ4n) is 3.04. The van der Waals surface area contributed by atoms with Gasteiger partial charge in [0.1, 0.15) is 0 Å². The molecular formula is C12H21NO. The first kappa shape index (κ1) is 10.2. The summed E-state index contributed by atoms with van der Waals surface area (Å²) in [5.41, 5.74) is 0.648. The number of aliphatic hydroxyl groups is 1. The predicted molar refractivity (Wildman–Crippen MR) is 58.2 cm³/mol. The Hall–Kier alpha value is -0.340. The Labute approximate surface area is 86.6 Å². The Balaban J connectivity index is 2.19. The van der Waals surface area contributed by atoms with Crippen LogP contribution < -0.4 is 0 Å². The number of nitrogens with zero attached hydrogens (tertiary/aromatic N) is 1. The minimum Gasteiger partial charge on any atom is -0.385 e. The molecule has 0 aromatic heterocycles. The second-order valence-electron chi connectivity index (χ2n) is 4.96. The largest absolute Gasteiger partial charge is 0.385 e. The average Bonchev–Trinajstić information content (AvgIpc) is 2.42. The Morgan fingerprint density at radius 2 is 1.86 bits per heavy atom. The third-order valence-electron chi connectivity index (χ3n) is 4.30. The molecule has 2 rings (SSSR count). The number of piperidine rings is 1. The molecule has 0 aromatic carbocycles. The average molecular weight is 195 g/mol. The third kappa shape index (κ3) is 1.41. The molecule has 2 nitrogen and oxygen atoms in total. The van der Waals surface area contributed by atoms with Gasteiger partial charge in [0.25, 0.3) is 0 Å². The number of fused-ring (bicyclic) bond motifs is 2. The van der Waals surface area contributed by atoms with Crippen molar-refractivity contribution >= 4 is 0 Å². The highest BCUT2D eigenvalue weighted by Gasteiger charge is 2.46. The molecule has 0 spiro atoms. The molecule has 0 radical (unpaired) electrons. The smallest absolute Gasteiger partial charge is 0.0883 e. The molecule has 14 heavy (non-hydrogen) atoms. The summed E-state index contributed by atoms with van der Waals surface area (Å²) < 4.78 is 0. The summed E-state index contributed by atoms with van der Waals surface area (Å²) >= 11 is 0. The molecule has 2 aliphatic heterocycles. The third-order valence-corrected chi connectivity index (χ3v) is 4.30. The lowest BCUT2D eigenvalue weighted by Gasteiger charge is -2.42. The van der Waals surface area contributed by atoms with Crippen molar-refractivity contribution < 1.29 is 5.11 Å². The molecule has 2 atom stereocenters. The van der Waals surface area contributed by atoms with E-state index in [0.717, 1.165) is 18.4 Å². The van der Waals surface area contributed by atoms with Gasteiger partial charge in [-0.2, -0.15) is 0 Å². The summed E-state index contributed by atoms with van der Waals surface area (Å²) in [5, 5.41) is 10.5. The zero-order chi connectivity index (χ0) is 10.3. The summed E-state index contributed by atoms with van der Waals surface area (Å²) in [6.07, 6.45) is 6.44. The SMILES string of the molecule is CC=C(C)C1(O)CC2CCC(C1)N2C. The molecule has 2 bridgehead atoms. The maximum Gasteiger partial charge on any atom is 0.0883 e. The number of hydrogen-bond donors (Lipinski definition) is 1. The zero-order valence-electron chi connectivity index (χ0n) is 9.45. The molecule has 2 fully saturated rings. The van der Waals surface area contributed by atoms with Crippen molar-refractivity contribution in [1.82, 2.24) is 4.90 Å². The highest BCUT2D eigenvalue weighted by Crippen LogP contribution is 2.42. The van der Waals surface area contributed by atoms with Crippen molar-refractivity contribution in [3.8, 4) is 0 Å². The van der Waals surface area contributed by atoms with Crippen LogP contribution in [-0.4, -0.2) is 34.7 Å². The second-order valence-corrected chi connectivity index (χ2v) is 4.96. The summed E-state index contributed by atoms with van der Waals surface area (Å²) in [4.78, 5) is 2.46. The van der Waals surface area contributed by atoms with Crippen molar-refractivity contribution in [1.29, 1.82) is 0 Å². The lowest BCUT2D eigenvalue weighted by atomic mass is 9.81. The van der Waals surface area contributed by atoms with Gasteiger partial charge in [0, 0.05) is 12.1 Å². The Morgan fingerprint density at radius 3 is 2.29 bits per heavy atom. The van der Waals surface area contributed by atoms with Gasteiger partial charge in [0.15, 0.2) is 0 Å². The van der Waals surface area contributed by atoms with Crippen LogP contribution in [0.3, 0.4) is 0 Å². The van der Waals surface area contributed by atoms with Gasteiger partial charge < -0.3 is 10.0 Å². The van der Waals surface area contributed by atoms with Gasteiger partial charge in [-0.3, -0.25) is 0 Å². The number of hydrogen-bond acceptors (Lipinski definition) is 2. The summed E-state index contributed by atoms with van der Waals surface area (Å²) in [6, 6.07) is 1.21. The number of rotatable bonds is 1. The van der Waals surface area contributed by atoms with Crippen LogP contribution in [0.4, 0.5) is 0 Å². The van der Waals surface area contributed by atoms with E-state index in [1.807, 2.05) is 6.92 Å². The molecule has 2 saturated heterocycles. The van der Waals surface area contributed by atoms with Crippen LogP contribution in [0.2, 0.25) is 0 Å². The first-order chi connectivity index (χ1) is 6.57. The van der Waals surface area contributed by atoms with Crippen molar-refractivity contribution in [2.24, 2.45) is 0 Å². The van der Waals surface area contributed by atoms with E-state index in [1.54, 1.807) is 0 Å². The first-order valence-corrected chi connectivity index (χ1v) is 5.64. The maximum absolute atomic E-state index is 10.5. The lowest BCUT2D eigenvalue weighted by Crippen LogP contribution is -2.49. The van der Waals surface area contributed by atoms with Crippen molar-refractivity contribution in [3.63, 3.8) is 0 Å². The normalized spacial score (nSPS) is 44.4. The molecule has 80 valence electrons. The lowest BCUT2D eigenvalue weighted by molar-refractivity contribution is -0.0163. The van der Waals surface area contributed by atoms with Crippen LogP contribution in [0.5, 0.6) is 0 Å². The highest BCUT2D eigenvalue weighted by atomic mass is 16.3. The van der Waals surface area contributed by atoms with Crippen LogP contribution in [-0.2, 0) is 0 Å². The van der Waals surface area contributed by atoms with Gasteiger partial charge in [0.2, 0.25) is 0 Å². The van der Waals surface area contributed by atoms with Gasteiger partial charge in [-0.1, -0.05) is 6.08 Å². The van der Waals surface area contributed by atoms with E-state index >= 15 is 0 Å². The molecule has 0 aromatic rings. The fraction of sp³-hybridized carbons (Fsp3) is 0.833. The van der Waals surface area contributed by atoms with E-state index in [4.69, 9.17) is 0 Å². The molecule has 0 aliphatic carbocycles. The monoisotopic (exact) mass is 195 g/mol. The van der Waals surface area contributed by atoms with E-state index < -0.39 is 5.60 Å². The second kappa shape index (κ2) is 3.35. The van der Waals surface area contributed by atoms with Gasteiger partial charge >= 0.3 is 0 Å². The molecule has 2 heterocycles. The van der Waals surface area contributed by atoms with E-state index in [2.05, 4.69) is 24.9 Å². The molecule has 1 N–H and O–H groups in total. The molecule has 2 heteroatoms. The maximum atomic E-state index is 10.5. The standard InChI is InChI=1S/C12H21NO/c1-4-9(2)12(14)7-10-5-6-11(8-12)13(10)3/h4,10-11,14H,5-8H2,1-3H3. The van der Waals surface area contributed by atoms with Crippen LogP contribution in [0.1, 0.15) is 39.5 Å². The Morgan fingerprint density at radius 1 is 1.36 bits per heavy atom. The summed E-state index contributed by atoms with van der Waals surface area (Å²) in [7, 11) is 2.20. The Bertz CT molecular complexity index is 245. The van der Waals surface area contributed by atoms with E-state index in [9.17, 15) is 5.11 Å².